The molecule has 0 saturated heterocycles. The summed E-state index contributed by atoms with van der Waals surface area (Å²) < 4.78 is 5.10. The van der Waals surface area contributed by atoms with Crippen molar-refractivity contribution in [2.45, 2.75) is 0 Å². The number of benzene rings is 2. The molecule has 0 amide bonds. The number of cyclic esters (lactones) is 1. The third kappa shape index (κ3) is 3.15. The Morgan fingerprint density at radius 1 is 1.12 bits per heavy atom. The first-order valence-electron chi connectivity index (χ1n) is 6.67. The van der Waals surface area contributed by atoms with E-state index in [2.05, 4.69) is 4.99 Å². The fraction of sp³-hybridized carbons (Fsp3) is 0. The van der Waals surface area contributed by atoms with Crippen molar-refractivity contribution in [1.82, 2.24) is 0 Å². The van der Waals surface area contributed by atoms with Crippen LogP contribution in [-0.4, -0.2) is 16.8 Å². The van der Waals surface area contributed by atoms with Gasteiger partial charge in [0, 0.05) is 17.7 Å². The van der Waals surface area contributed by atoms with Crippen LogP contribution in [-0.2, 0) is 9.53 Å². The molecule has 1 aliphatic heterocycles. The van der Waals surface area contributed by atoms with Crippen LogP contribution in [0.5, 0.6) is 0 Å². The summed E-state index contributed by atoms with van der Waals surface area (Å²) in [4.78, 5) is 26.2. The van der Waals surface area contributed by atoms with Gasteiger partial charge in [0.15, 0.2) is 5.70 Å². The van der Waals surface area contributed by atoms with Gasteiger partial charge >= 0.3 is 5.97 Å². The topological polar surface area (TPSA) is 81.8 Å². The average Bonchev–Trinajstić information content (AvgIpc) is 2.93. The lowest BCUT2D eigenvalue weighted by Gasteiger charge is -2.00. The maximum absolute atomic E-state index is 11.9. The van der Waals surface area contributed by atoms with Crippen molar-refractivity contribution in [3.05, 3.63) is 79.4 Å². The molecule has 0 spiro atoms. The van der Waals surface area contributed by atoms with Gasteiger partial charge in [0.05, 0.1) is 15.0 Å². The van der Waals surface area contributed by atoms with Crippen LogP contribution < -0.4 is 0 Å². The molecular formula is C16H8Cl2N2O4. The normalized spacial score (nSPS) is 15.3. The summed E-state index contributed by atoms with van der Waals surface area (Å²) in [5.74, 6) is -0.571. The summed E-state index contributed by atoms with van der Waals surface area (Å²) in [6.45, 7) is 0. The monoisotopic (exact) mass is 362 g/mol. The predicted octanol–water partition coefficient (Wildman–Crippen LogP) is 4.25. The lowest BCUT2D eigenvalue weighted by molar-refractivity contribution is -0.384. The van der Waals surface area contributed by atoms with Gasteiger partial charge < -0.3 is 4.74 Å². The van der Waals surface area contributed by atoms with Crippen molar-refractivity contribution in [3.8, 4) is 0 Å². The zero-order valence-electron chi connectivity index (χ0n) is 11.9. The van der Waals surface area contributed by atoms with Crippen LogP contribution in [0.2, 0.25) is 10.0 Å². The number of carbonyl (C=O) groups excluding carboxylic acids is 1. The van der Waals surface area contributed by atoms with Gasteiger partial charge in [-0.2, -0.15) is 0 Å². The van der Waals surface area contributed by atoms with Crippen LogP contribution in [0, 0.1) is 10.1 Å². The maximum Gasteiger partial charge on any atom is 0.363 e. The van der Waals surface area contributed by atoms with Crippen molar-refractivity contribution in [1.29, 1.82) is 0 Å². The van der Waals surface area contributed by atoms with Gasteiger partial charge in [-0.15, -0.1) is 0 Å². The Kier molecular flexibility index (Phi) is 4.33. The Hall–Kier alpha value is -2.70. The molecule has 0 N–H and O–H groups in total. The van der Waals surface area contributed by atoms with E-state index in [1.807, 2.05) is 0 Å². The van der Waals surface area contributed by atoms with E-state index in [0.29, 0.717) is 21.2 Å². The highest BCUT2D eigenvalue weighted by molar-refractivity contribution is 6.43. The van der Waals surface area contributed by atoms with Gasteiger partial charge in [-0.3, -0.25) is 10.1 Å². The number of hydrogen-bond acceptors (Lipinski definition) is 5. The van der Waals surface area contributed by atoms with Gasteiger partial charge in [0.2, 0.25) is 5.90 Å². The molecule has 120 valence electrons. The van der Waals surface area contributed by atoms with Gasteiger partial charge in [-0.05, 0) is 29.8 Å². The number of nitrogens with zero attached hydrogens (tertiary/aromatic N) is 2. The molecule has 0 radical (unpaired) electrons. The van der Waals surface area contributed by atoms with E-state index in [1.165, 1.54) is 30.3 Å². The van der Waals surface area contributed by atoms with Crippen LogP contribution in [0.25, 0.3) is 6.08 Å². The first kappa shape index (κ1) is 16.2. The van der Waals surface area contributed by atoms with E-state index in [9.17, 15) is 14.9 Å². The van der Waals surface area contributed by atoms with Crippen LogP contribution in [0.3, 0.4) is 0 Å². The summed E-state index contributed by atoms with van der Waals surface area (Å²) in [5.41, 5.74) is 0.983. The quantitative estimate of drug-likeness (QED) is 0.353. The Morgan fingerprint density at radius 3 is 2.50 bits per heavy atom. The molecule has 0 saturated carbocycles. The Bertz CT molecular complexity index is 905. The first-order valence-corrected chi connectivity index (χ1v) is 7.42. The van der Waals surface area contributed by atoms with E-state index in [4.69, 9.17) is 27.9 Å². The molecule has 0 bridgehead atoms. The highest BCUT2D eigenvalue weighted by atomic mass is 35.5. The summed E-state index contributed by atoms with van der Waals surface area (Å²) in [5, 5.41) is 11.3. The number of nitro groups is 1. The van der Waals surface area contributed by atoms with Crippen molar-refractivity contribution in [2.24, 2.45) is 4.99 Å². The second-order valence-corrected chi connectivity index (χ2v) is 5.57. The van der Waals surface area contributed by atoms with Gasteiger partial charge in [-0.1, -0.05) is 35.3 Å². The highest BCUT2D eigenvalue weighted by Crippen LogP contribution is 2.29. The van der Waals surface area contributed by atoms with Crippen LogP contribution in [0.4, 0.5) is 5.69 Å². The zero-order valence-corrected chi connectivity index (χ0v) is 13.4. The number of ether oxygens (including phenoxy) is 1. The largest absolute Gasteiger partial charge is 0.402 e. The molecule has 0 unspecified atom stereocenters. The minimum Gasteiger partial charge on any atom is -0.402 e. The lowest BCUT2D eigenvalue weighted by atomic mass is 10.2. The second kappa shape index (κ2) is 6.43. The third-order valence-corrected chi connectivity index (χ3v) is 4.05. The number of carbonyl (C=O) groups is 1. The van der Waals surface area contributed by atoms with Gasteiger partial charge in [0.1, 0.15) is 0 Å². The number of aliphatic imine (C=N–C) groups is 1. The van der Waals surface area contributed by atoms with Crippen molar-refractivity contribution < 1.29 is 14.5 Å². The van der Waals surface area contributed by atoms with Crippen molar-refractivity contribution in [3.63, 3.8) is 0 Å². The number of nitro benzene ring substituents is 1. The fourth-order valence-corrected chi connectivity index (χ4v) is 2.40. The Balaban J connectivity index is 1.94. The van der Waals surface area contributed by atoms with Crippen LogP contribution in [0.1, 0.15) is 11.1 Å². The molecule has 1 heterocycles. The predicted molar refractivity (Wildman–Crippen MR) is 90.2 cm³/mol. The molecule has 8 heteroatoms. The highest BCUT2D eigenvalue weighted by Gasteiger charge is 2.25. The summed E-state index contributed by atoms with van der Waals surface area (Å²) in [6, 6.07) is 10.5. The Labute approximate surface area is 146 Å². The SMILES string of the molecule is O=C1OC(c2ccc([N+](=O)[O-])cc2)=N/C1=C/c1cccc(Cl)c1Cl. The number of non-ortho nitro benzene ring substituents is 1. The molecule has 0 atom stereocenters. The number of rotatable bonds is 3. The summed E-state index contributed by atoms with van der Waals surface area (Å²) in [7, 11) is 0. The molecule has 3 rings (SSSR count). The van der Waals surface area contributed by atoms with Crippen molar-refractivity contribution in [2.75, 3.05) is 0 Å². The molecule has 2 aromatic carbocycles. The second-order valence-electron chi connectivity index (χ2n) is 4.78. The Morgan fingerprint density at radius 2 is 1.83 bits per heavy atom. The minimum atomic E-state index is -0.639. The third-order valence-electron chi connectivity index (χ3n) is 3.22. The van der Waals surface area contributed by atoms with E-state index in [1.54, 1.807) is 18.2 Å². The molecule has 0 aliphatic carbocycles. The molecule has 24 heavy (non-hydrogen) atoms. The van der Waals surface area contributed by atoms with Crippen LogP contribution >= 0.6 is 23.2 Å². The molecule has 2 aromatic rings. The van der Waals surface area contributed by atoms with E-state index >= 15 is 0 Å². The van der Waals surface area contributed by atoms with Crippen molar-refractivity contribution >= 4 is 46.8 Å². The standard InChI is InChI=1S/C16H8Cl2N2O4/c17-12-3-1-2-10(14(12)18)8-13-16(21)24-15(19-13)9-4-6-11(7-5-9)20(22)23/h1-8H/b13-8+. The fourth-order valence-electron chi connectivity index (χ4n) is 2.04. The minimum absolute atomic E-state index is 0.0625. The zero-order chi connectivity index (χ0) is 17.3. The first-order chi connectivity index (χ1) is 11.5. The van der Waals surface area contributed by atoms with E-state index < -0.39 is 10.9 Å². The number of hydrogen-bond donors (Lipinski definition) is 0. The number of halogens is 2. The van der Waals surface area contributed by atoms with Gasteiger partial charge in [0.25, 0.3) is 5.69 Å². The molecular weight excluding hydrogens is 355 g/mol. The van der Waals surface area contributed by atoms with Crippen LogP contribution in [0.15, 0.2) is 53.2 Å². The van der Waals surface area contributed by atoms with Gasteiger partial charge in [-0.25, -0.2) is 9.79 Å². The number of esters is 1. The maximum atomic E-state index is 11.9. The van der Waals surface area contributed by atoms with E-state index in [0.717, 1.165) is 0 Å². The summed E-state index contributed by atoms with van der Waals surface area (Å²) in [6.07, 6.45) is 1.47. The smallest absolute Gasteiger partial charge is 0.363 e. The van der Waals surface area contributed by atoms with E-state index in [-0.39, 0.29) is 17.3 Å². The lowest BCUT2D eigenvalue weighted by Crippen LogP contribution is -2.05. The molecule has 0 fully saturated rings. The average molecular weight is 363 g/mol. The summed E-state index contributed by atoms with van der Waals surface area (Å²) >= 11 is 12.0. The molecule has 6 nitrogen and oxygen atoms in total. The molecule has 0 aromatic heterocycles. The molecule has 1 aliphatic rings.